The Hall–Kier alpha value is -5.35. The SMILES string of the molecule is C=S(=O)(c1cccc(C(C)(C)C)c1)C1CC1.CC(C)(C)c1cccc(NC(=O)C2CCC2)c1.CC(C)(C)c1cccc(NC(=O)NC2CC2)c1.COc1cc(C(C)(C)C)ccc1-n1cccn1. The fourth-order valence-electron chi connectivity index (χ4n) is 7.19. The van der Waals surface area contributed by atoms with Crippen molar-refractivity contribution in [3.05, 3.63) is 132 Å². The lowest BCUT2D eigenvalue weighted by Crippen LogP contribution is -2.30. The van der Waals surface area contributed by atoms with Crippen LogP contribution in [0.15, 0.2) is 114 Å². The number of anilines is 2. The third kappa shape index (κ3) is 15.9. The van der Waals surface area contributed by atoms with E-state index in [4.69, 9.17) is 4.74 Å². The fourth-order valence-corrected chi connectivity index (χ4v) is 9.10. The number of aromatic nitrogens is 2. The monoisotopic (exact) mass is 930 g/mol. The number of carbonyl (C=O) groups is 2. The summed E-state index contributed by atoms with van der Waals surface area (Å²) < 4.78 is 19.8. The Morgan fingerprint density at radius 1 is 0.642 bits per heavy atom. The van der Waals surface area contributed by atoms with Crippen molar-refractivity contribution in [2.45, 2.75) is 166 Å². The van der Waals surface area contributed by atoms with Crippen LogP contribution < -0.4 is 20.7 Å². The number of carbonyl (C=O) groups excluding carboxylic acids is 2. The molecule has 3 saturated carbocycles. The van der Waals surface area contributed by atoms with Crippen molar-refractivity contribution in [3.63, 3.8) is 0 Å². The van der Waals surface area contributed by atoms with E-state index in [1.54, 1.807) is 13.3 Å². The van der Waals surface area contributed by atoms with Crippen molar-refractivity contribution in [3.8, 4) is 11.4 Å². The van der Waals surface area contributed by atoms with Gasteiger partial charge in [0.15, 0.2) is 0 Å². The molecule has 1 unspecified atom stereocenters. The Kier molecular flexibility index (Phi) is 17.1. The molecule has 3 fully saturated rings. The summed E-state index contributed by atoms with van der Waals surface area (Å²) in [4.78, 5) is 24.4. The van der Waals surface area contributed by atoms with E-state index in [1.165, 1.54) is 28.7 Å². The van der Waals surface area contributed by atoms with Crippen LogP contribution in [0.25, 0.3) is 5.69 Å². The number of rotatable bonds is 8. The van der Waals surface area contributed by atoms with Gasteiger partial charge in [0.1, 0.15) is 11.4 Å². The Balaban J connectivity index is 0.000000167. The highest BCUT2D eigenvalue weighted by molar-refractivity contribution is 8.01. The second kappa shape index (κ2) is 21.7. The molecular formula is C57H79N5O4S. The van der Waals surface area contributed by atoms with Crippen molar-refractivity contribution < 1.29 is 18.5 Å². The zero-order chi connectivity index (χ0) is 49.4. The summed E-state index contributed by atoms with van der Waals surface area (Å²) in [5, 5.41) is 13.3. The van der Waals surface area contributed by atoms with Crippen molar-refractivity contribution in [2.75, 3.05) is 17.7 Å². The highest BCUT2D eigenvalue weighted by Gasteiger charge is 2.32. The summed E-state index contributed by atoms with van der Waals surface area (Å²) >= 11 is 0. The minimum absolute atomic E-state index is 0.0986. The molecule has 3 aliphatic carbocycles. The van der Waals surface area contributed by atoms with E-state index in [0.29, 0.717) is 11.3 Å². The zero-order valence-electron chi connectivity index (χ0n) is 42.7. The number of nitrogens with zero attached hydrogens (tertiary/aromatic N) is 2. The maximum atomic E-state index is 12.5. The number of benzene rings is 4. The van der Waals surface area contributed by atoms with Gasteiger partial charge in [-0.2, -0.15) is 5.10 Å². The van der Waals surface area contributed by atoms with Gasteiger partial charge in [0, 0.05) is 45.9 Å². The minimum Gasteiger partial charge on any atom is -0.494 e. The fraction of sp³-hybridized carbons (Fsp3) is 0.474. The van der Waals surface area contributed by atoms with Gasteiger partial charge in [-0.1, -0.05) is 132 Å². The molecule has 0 radical (unpaired) electrons. The third-order valence-electron chi connectivity index (χ3n) is 12.3. The van der Waals surface area contributed by atoms with Gasteiger partial charge in [0.25, 0.3) is 0 Å². The van der Waals surface area contributed by atoms with E-state index < -0.39 is 9.52 Å². The van der Waals surface area contributed by atoms with Crippen LogP contribution in [0.2, 0.25) is 0 Å². The molecular weight excluding hydrogens is 851 g/mol. The number of methoxy groups -OCH3 is 1. The molecule has 4 aromatic carbocycles. The van der Waals surface area contributed by atoms with E-state index >= 15 is 0 Å². The molecule has 0 aliphatic heterocycles. The molecule has 3 N–H and O–H groups in total. The number of hydrogen-bond donors (Lipinski definition) is 3. The highest BCUT2D eigenvalue weighted by Crippen LogP contribution is 2.36. The van der Waals surface area contributed by atoms with Crippen LogP contribution in [0.5, 0.6) is 5.75 Å². The molecule has 1 aromatic heterocycles. The summed E-state index contributed by atoms with van der Waals surface area (Å²) in [6.07, 6.45) is 11.3. The Morgan fingerprint density at radius 3 is 1.60 bits per heavy atom. The topological polar surface area (TPSA) is 114 Å². The molecule has 3 aliphatic rings. The lowest BCUT2D eigenvalue weighted by atomic mass is 9.84. The second-order valence-corrected chi connectivity index (χ2v) is 25.0. The Bertz CT molecular complexity index is 2520. The van der Waals surface area contributed by atoms with E-state index in [1.807, 2.05) is 65.5 Å². The van der Waals surface area contributed by atoms with Crippen molar-refractivity contribution in [2.24, 2.45) is 5.92 Å². The van der Waals surface area contributed by atoms with E-state index in [0.717, 1.165) is 66.2 Å². The van der Waals surface area contributed by atoms with Crippen molar-refractivity contribution in [1.82, 2.24) is 15.1 Å². The van der Waals surface area contributed by atoms with Crippen molar-refractivity contribution >= 4 is 38.7 Å². The molecule has 0 spiro atoms. The first-order valence-electron chi connectivity index (χ1n) is 24.0. The maximum Gasteiger partial charge on any atom is 0.319 e. The van der Waals surface area contributed by atoms with Gasteiger partial charge >= 0.3 is 6.03 Å². The molecule has 5 aromatic rings. The van der Waals surface area contributed by atoms with Gasteiger partial charge in [-0.05, 0) is 152 Å². The molecule has 0 saturated heterocycles. The standard InChI is InChI=1S/C15H21NO.C14H18N2O.C14H20N2O.C14H20OS/c1-15(2,3)12-8-5-9-13(10-12)16-14(17)11-6-4-7-11;1-14(2,3)11-6-7-12(13(10-11)17-4)16-9-5-8-15-16;1-14(2,3)10-5-4-6-12(9-10)16-13(17)15-11-7-8-11;1-14(2,3)11-6-5-7-13(10-11)16(4,15)12-8-9-12/h5,8-11H,4,6-7H2,1-3H3,(H,16,17);5-10H,1-4H3;4-6,9,11H,7-8H2,1-3H3,(H2,15,16,17);5-7,10,12H,4,8-9H2,1-3H3. The van der Waals surface area contributed by atoms with Gasteiger partial charge in [-0.25, -0.2) is 9.48 Å². The van der Waals surface area contributed by atoms with Crippen LogP contribution in [-0.4, -0.2) is 50.2 Å². The molecule has 8 rings (SSSR count). The zero-order valence-corrected chi connectivity index (χ0v) is 43.5. The molecule has 3 amide bonds. The third-order valence-corrected chi connectivity index (χ3v) is 14.9. The maximum absolute atomic E-state index is 12.5. The van der Waals surface area contributed by atoms with Crippen LogP contribution in [0, 0.1) is 5.92 Å². The average Bonchev–Trinajstić information content (AvgIpc) is 4.18. The summed E-state index contributed by atoms with van der Waals surface area (Å²) in [7, 11) is -0.359. The number of ether oxygens (including phenoxy) is 1. The largest absolute Gasteiger partial charge is 0.494 e. The quantitative estimate of drug-likeness (QED) is 0.134. The summed E-state index contributed by atoms with van der Waals surface area (Å²) in [6.45, 7) is 26.1. The first kappa shape index (κ1) is 52.6. The predicted octanol–water partition coefficient (Wildman–Crippen LogP) is 13.4. The van der Waals surface area contributed by atoms with E-state index in [9.17, 15) is 13.8 Å². The Morgan fingerprint density at radius 2 is 1.15 bits per heavy atom. The number of nitrogens with one attached hydrogen (secondary N) is 3. The second-order valence-electron chi connectivity index (χ2n) is 22.4. The lowest BCUT2D eigenvalue weighted by Gasteiger charge is -2.25. The molecule has 1 atom stereocenters. The van der Waals surface area contributed by atoms with Crippen LogP contribution in [-0.2, 0) is 36.0 Å². The molecule has 0 bridgehead atoms. The van der Waals surface area contributed by atoms with Crippen molar-refractivity contribution in [1.29, 1.82) is 0 Å². The smallest absolute Gasteiger partial charge is 0.319 e. The predicted molar refractivity (Wildman–Crippen MR) is 282 cm³/mol. The molecule has 10 heteroatoms. The lowest BCUT2D eigenvalue weighted by molar-refractivity contribution is -0.122. The first-order valence-corrected chi connectivity index (χ1v) is 25.8. The van der Waals surface area contributed by atoms with Gasteiger partial charge in [0.05, 0.1) is 7.11 Å². The average molecular weight is 930 g/mol. The van der Waals surface area contributed by atoms with Gasteiger partial charge < -0.3 is 20.7 Å². The van der Waals surface area contributed by atoms with Crippen LogP contribution in [0.1, 0.15) is 150 Å². The van der Waals surface area contributed by atoms with E-state index in [2.05, 4.69) is 152 Å². The number of hydrogen-bond acceptors (Lipinski definition) is 5. The van der Waals surface area contributed by atoms with E-state index in [-0.39, 0.29) is 39.5 Å². The molecule has 362 valence electrons. The van der Waals surface area contributed by atoms with Gasteiger partial charge in [-0.15, -0.1) is 0 Å². The summed E-state index contributed by atoms with van der Waals surface area (Å²) in [5.74, 6) is 5.23. The van der Waals surface area contributed by atoms with Crippen LogP contribution >= 0.6 is 0 Å². The summed E-state index contributed by atoms with van der Waals surface area (Å²) in [5.41, 5.74) is 8.17. The van der Waals surface area contributed by atoms with Crippen LogP contribution in [0.4, 0.5) is 16.2 Å². The first-order chi connectivity index (χ1) is 31.2. The number of urea groups is 1. The molecule has 9 nitrogen and oxygen atoms in total. The van der Waals surface area contributed by atoms with Gasteiger partial charge in [-0.3, -0.25) is 9.00 Å². The Labute approximate surface area is 403 Å². The minimum atomic E-state index is -2.05. The van der Waals surface area contributed by atoms with Gasteiger partial charge in [0.2, 0.25) is 5.91 Å². The van der Waals surface area contributed by atoms with Crippen LogP contribution in [0.3, 0.4) is 0 Å². The molecule has 1 heterocycles. The molecule has 67 heavy (non-hydrogen) atoms. The number of amides is 3. The highest BCUT2D eigenvalue weighted by atomic mass is 32.2. The summed E-state index contributed by atoms with van der Waals surface area (Å²) in [6, 6.07) is 32.8. The normalized spacial score (nSPS) is 15.9.